The van der Waals surface area contributed by atoms with E-state index in [-0.39, 0.29) is 23.8 Å². The Labute approximate surface area is 180 Å². The predicted molar refractivity (Wildman–Crippen MR) is 114 cm³/mol. The summed E-state index contributed by atoms with van der Waals surface area (Å²) in [5.41, 5.74) is 0.0510. The smallest absolute Gasteiger partial charge is 0.200 e. The number of aliphatic hydroxyl groups excluding tert-OH is 1. The minimum Gasteiger partial charge on any atom is -0.488 e. The number of ether oxygens (including phenoxy) is 2. The van der Waals surface area contributed by atoms with Crippen molar-refractivity contribution < 1.29 is 23.4 Å². The minimum absolute atomic E-state index is 0.00756. The van der Waals surface area contributed by atoms with Crippen molar-refractivity contribution in [2.45, 2.75) is 77.2 Å². The average molecular weight is 425 g/mol. The lowest BCUT2D eigenvalue weighted by Crippen LogP contribution is -2.28. The van der Waals surface area contributed by atoms with E-state index in [4.69, 9.17) is 9.47 Å². The average Bonchev–Trinajstić information content (AvgIpc) is 2.77. The van der Waals surface area contributed by atoms with Crippen LogP contribution in [0.15, 0.2) is 12.1 Å². The molecule has 30 heavy (non-hydrogen) atoms. The summed E-state index contributed by atoms with van der Waals surface area (Å²) >= 11 is 0. The van der Waals surface area contributed by atoms with E-state index in [2.05, 4.69) is 6.92 Å². The van der Waals surface area contributed by atoms with Crippen LogP contribution in [-0.2, 0) is 4.74 Å². The van der Waals surface area contributed by atoms with Gasteiger partial charge < -0.3 is 14.6 Å². The van der Waals surface area contributed by atoms with Gasteiger partial charge in [-0.25, -0.2) is 4.39 Å². The standard InChI is InChI=1S/C25H38F2O3/c1-3-4-17-5-7-18(8-6-17)19-9-11-20(12-10-19)25(28)21-13-14-22(24(27)23(21)26)30-16-15-29-2/h13-14,17-20,25,28H,3-12,15-16H2,1-2H3. The molecular weight excluding hydrogens is 386 g/mol. The Bertz CT molecular complexity index is 650. The zero-order valence-corrected chi connectivity index (χ0v) is 18.5. The summed E-state index contributed by atoms with van der Waals surface area (Å²) < 4.78 is 39.0. The highest BCUT2D eigenvalue weighted by Crippen LogP contribution is 2.45. The molecule has 0 spiro atoms. The highest BCUT2D eigenvalue weighted by Gasteiger charge is 2.34. The number of hydrogen-bond acceptors (Lipinski definition) is 3. The van der Waals surface area contributed by atoms with Gasteiger partial charge in [-0.3, -0.25) is 0 Å². The first kappa shape index (κ1) is 23.5. The van der Waals surface area contributed by atoms with E-state index >= 15 is 0 Å². The van der Waals surface area contributed by atoms with Crippen molar-refractivity contribution in [3.05, 3.63) is 29.3 Å². The normalized spacial score (nSPS) is 28.3. The topological polar surface area (TPSA) is 38.7 Å². The quantitative estimate of drug-likeness (QED) is 0.464. The fraction of sp³-hybridized carbons (Fsp3) is 0.760. The monoisotopic (exact) mass is 424 g/mol. The van der Waals surface area contributed by atoms with Crippen LogP contribution in [-0.4, -0.2) is 25.4 Å². The molecule has 3 rings (SSSR count). The van der Waals surface area contributed by atoms with Gasteiger partial charge in [-0.15, -0.1) is 0 Å². The second-order valence-electron chi connectivity index (χ2n) is 9.31. The lowest BCUT2D eigenvalue weighted by Gasteiger charge is -2.39. The molecule has 0 bridgehead atoms. The fourth-order valence-corrected chi connectivity index (χ4v) is 5.66. The summed E-state index contributed by atoms with van der Waals surface area (Å²) in [5.74, 6) is 0.301. The van der Waals surface area contributed by atoms with Crippen molar-refractivity contribution in [2.24, 2.45) is 23.7 Å². The zero-order valence-electron chi connectivity index (χ0n) is 18.5. The van der Waals surface area contributed by atoms with Gasteiger partial charge in [0.1, 0.15) is 6.61 Å². The minimum atomic E-state index is -1.03. The number of hydrogen-bond donors (Lipinski definition) is 1. The summed E-state index contributed by atoms with van der Waals surface area (Å²) in [5, 5.41) is 10.8. The van der Waals surface area contributed by atoms with Gasteiger partial charge >= 0.3 is 0 Å². The van der Waals surface area contributed by atoms with Gasteiger partial charge in [0, 0.05) is 12.7 Å². The number of benzene rings is 1. The fourth-order valence-electron chi connectivity index (χ4n) is 5.66. The van der Waals surface area contributed by atoms with E-state index in [0.717, 1.165) is 43.4 Å². The molecule has 0 aliphatic heterocycles. The first-order valence-corrected chi connectivity index (χ1v) is 11.8. The molecule has 2 aliphatic rings. The molecule has 170 valence electrons. The molecule has 1 aromatic rings. The largest absolute Gasteiger partial charge is 0.488 e. The first-order chi connectivity index (χ1) is 14.5. The molecule has 0 radical (unpaired) electrons. The Hall–Kier alpha value is -1.20. The van der Waals surface area contributed by atoms with Crippen molar-refractivity contribution in [3.63, 3.8) is 0 Å². The van der Waals surface area contributed by atoms with E-state index < -0.39 is 17.7 Å². The molecule has 3 nitrogen and oxygen atoms in total. The van der Waals surface area contributed by atoms with E-state index in [1.807, 2.05) is 0 Å². The van der Waals surface area contributed by atoms with Crippen molar-refractivity contribution in [2.75, 3.05) is 20.3 Å². The van der Waals surface area contributed by atoms with E-state index in [9.17, 15) is 13.9 Å². The Kier molecular flexibility index (Phi) is 8.94. The van der Waals surface area contributed by atoms with E-state index in [1.165, 1.54) is 57.8 Å². The van der Waals surface area contributed by atoms with Crippen LogP contribution in [0, 0.1) is 35.3 Å². The van der Waals surface area contributed by atoms with Crippen LogP contribution in [0.4, 0.5) is 8.78 Å². The molecule has 0 saturated heterocycles. The molecule has 2 saturated carbocycles. The molecule has 1 N–H and O–H groups in total. The molecule has 2 aliphatic carbocycles. The van der Waals surface area contributed by atoms with Gasteiger partial charge in [0.05, 0.1) is 12.7 Å². The second-order valence-corrected chi connectivity index (χ2v) is 9.31. The number of aliphatic hydroxyl groups is 1. The highest BCUT2D eigenvalue weighted by atomic mass is 19.2. The molecule has 5 heteroatoms. The Morgan fingerprint density at radius 3 is 2.17 bits per heavy atom. The van der Waals surface area contributed by atoms with Gasteiger partial charge in [-0.2, -0.15) is 4.39 Å². The van der Waals surface area contributed by atoms with Crippen LogP contribution >= 0.6 is 0 Å². The first-order valence-electron chi connectivity index (χ1n) is 11.8. The lowest BCUT2D eigenvalue weighted by atomic mass is 9.67. The molecular formula is C25H38F2O3. The highest BCUT2D eigenvalue weighted by molar-refractivity contribution is 5.32. The van der Waals surface area contributed by atoms with Crippen molar-refractivity contribution in [1.82, 2.24) is 0 Å². The van der Waals surface area contributed by atoms with Gasteiger partial charge in [0.2, 0.25) is 5.82 Å². The van der Waals surface area contributed by atoms with Gasteiger partial charge in [0.25, 0.3) is 0 Å². The second kappa shape index (κ2) is 11.4. The van der Waals surface area contributed by atoms with Gasteiger partial charge in [-0.05, 0) is 74.3 Å². The van der Waals surface area contributed by atoms with Gasteiger partial charge in [0.15, 0.2) is 11.6 Å². The van der Waals surface area contributed by atoms with Crippen LogP contribution in [0.3, 0.4) is 0 Å². The van der Waals surface area contributed by atoms with Crippen molar-refractivity contribution >= 4 is 0 Å². The number of methoxy groups -OCH3 is 1. The van der Waals surface area contributed by atoms with Crippen molar-refractivity contribution in [3.8, 4) is 5.75 Å². The number of halogens is 2. The third-order valence-electron chi connectivity index (χ3n) is 7.46. The molecule has 2 fully saturated rings. The molecule has 1 aromatic carbocycles. The summed E-state index contributed by atoms with van der Waals surface area (Å²) in [6, 6.07) is 2.87. The maximum absolute atomic E-state index is 14.6. The lowest BCUT2D eigenvalue weighted by molar-refractivity contribution is 0.0534. The van der Waals surface area contributed by atoms with Crippen LogP contribution in [0.5, 0.6) is 5.75 Å². The van der Waals surface area contributed by atoms with Crippen LogP contribution in [0.25, 0.3) is 0 Å². The summed E-state index contributed by atoms with van der Waals surface area (Å²) in [7, 11) is 1.52. The number of rotatable bonds is 9. The third kappa shape index (κ3) is 5.73. The summed E-state index contributed by atoms with van der Waals surface area (Å²) in [6.07, 6.45) is 11.0. The molecule has 0 aromatic heterocycles. The SMILES string of the molecule is CCCC1CCC(C2CCC(C(O)c3ccc(OCCOC)c(F)c3F)CC2)CC1. The molecule has 0 heterocycles. The van der Waals surface area contributed by atoms with Crippen LogP contribution in [0.1, 0.15) is 82.8 Å². The Balaban J connectivity index is 1.52. The predicted octanol–water partition coefficient (Wildman–Crippen LogP) is 6.44. The zero-order chi connectivity index (χ0) is 21.5. The van der Waals surface area contributed by atoms with Gasteiger partial charge in [-0.1, -0.05) is 32.6 Å². The Morgan fingerprint density at radius 2 is 1.57 bits per heavy atom. The molecule has 0 amide bonds. The maximum Gasteiger partial charge on any atom is 0.200 e. The van der Waals surface area contributed by atoms with E-state index in [0.29, 0.717) is 6.61 Å². The third-order valence-corrected chi connectivity index (χ3v) is 7.46. The summed E-state index contributed by atoms with van der Waals surface area (Å²) in [6.45, 7) is 2.73. The molecule has 1 atom stereocenters. The summed E-state index contributed by atoms with van der Waals surface area (Å²) in [4.78, 5) is 0. The van der Waals surface area contributed by atoms with Crippen LogP contribution in [0.2, 0.25) is 0 Å². The van der Waals surface area contributed by atoms with E-state index in [1.54, 1.807) is 0 Å². The van der Waals surface area contributed by atoms with Crippen LogP contribution < -0.4 is 4.74 Å². The Morgan fingerprint density at radius 1 is 0.933 bits per heavy atom. The van der Waals surface area contributed by atoms with Crippen molar-refractivity contribution in [1.29, 1.82) is 0 Å². The maximum atomic E-state index is 14.6. The molecule has 1 unspecified atom stereocenters.